The van der Waals surface area contributed by atoms with Crippen molar-refractivity contribution >= 4 is 19.8 Å². The Hall–Kier alpha value is -4.11. The van der Waals surface area contributed by atoms with Gasteiger partial charge < -0.3 is 18.9 Å². The fraction of sp³-hybridized carbons (Fsp3) is 0.644. The van der Waals surface area contributed by atoms with Crippen LogP contribution >= 0.6 is 7.82 Å². The fourth-order valence-corrected chi connectivity index (χ4v) is 9.33. The monoisotopic (exact) mass is 1170 g/mol. The molecular formula is C73H123NO8P+. The van der Waals surface area contributed by atoms with Gasteiger partial charge in [-0.3, -0.25) is 18.6 Å². The third kappa shape index (κ3) is 66.9. The van der Waals surface area contributed by atoms with Gasteiger partial charge in [-0.2, -0.15) is 0 Å². The van der Waals surface area contributed by atoms with E-state index in [1.165, 1.54) is 96.3 Å². The van der Waals surface area contributed by atoms with Gasteiger partial charge in [0.25, 0.3) is 0 Å². The van der Waals surface area contributed by atoms with Gasteiger partial charge in [-0.15, -0.1) is 0 Å². The van der Waals surface area contributed by atoms with Crippen LogP contribution in [0.4, 0.5) is 0 Å². The molecule has 10 heteroatoms. The molecule has 0 aromatic heterocycles. The van der Waals surface area contributed by atoms with E-state index in [4.69, 9.17) is 18.5 Å². The summed E-state index contributed by atoms with van der Waals surface area (Å²) in [5.41, 5.74) is 0. The van der Waals surface area contributed by atoms with E-state index >= 15 is 0 Å². The van der Waals surface area contributed by atoms with Crippen LogP contribution in [0.5, 0.6) is 0 Å². The minimum Gasteiger partial charge on any atom is -0.462 e. The molecule has 0 aromatic carbocycles. The first kappa shape index (κ1) is 78.9. The van der Waals surface area contributed by atoms with E-state index in [0.29, 0.717) is 17.4 Å². The largest absolute Gasteiger partial charge is 0.472 e. The number of phosphoric acid groups is 1. The lowest BCUT2D eigenvalue weighted by atomic mass is 10.0. The molecule has 472 valence electrons. The van der Waals surface area contributed by atoms with E-state index in [0.717, 1.165) is 122 Å². The highest BCUT2D eigenvalue weighted by atomic mass is 31.2. The number of ether oxygens (including phenoxy) is 2. The van der Waals surface area contributed by atoms with E-state index in [-0.39, 0.29) is 32.0 Å². The smallest absolute Gasteiger partial charge is 0.462 e. The minimum absolute atomic E-state index is 0.0205. The number of rotatable bonds is 59. The number of phosphoric ester groups is 1. The van der Waals surface area contributed by atoms with Crippen molar-refractivity contribution in [3.05, 3.63) is 146 Å². The first-order valence-electron chi connectivity index (χ1n) is 33.1. The third-order valence-corrected chi connectivity index (χ3v) is 14.6. The Kier molecular flexibility index (Phi) is 59.3. The number of carbonyl (C=O) groups is 2. The molecule has 0 saturated carbocycles. The molecule has 0 saturated heterocycles. The van der Waals surface area contributed by atoms with Crippen molar-refractivity contribution in [3.63, 3.8) is 0 Å². The molecule has 0 bridgehead atoms. The van der Waals surface area contributed by atoms with E-state index in [9.17, 15) is 19.0 Å². The standard InChI is InChI=1S/C73H122NO8P/c1-6-8-10-12-14-16-18-20-22-24-26-27-28-29-30-31-32-33-34-35-36-37-38-39-40-41-42-43-44-45-46-47-48-50-52-54-56-58-60-62-64-66-73(76)82-71(70-81-83(77,78)80-68-67-74(3,4)5)69-79-72(75)65-63-61-59-57-55-53-51-49-25-23-21-19-17-15-13-11-9-7-2/h8,10,14,16,20,22,26-27,29-30,32-33,35-36,38-39,41-42,44-45,47-48,52,54,71H,6-7,9,11-13,15,17-19,21,23-25,28,31,34,37,40,43,46,49-51,53,55-70H2,1-5H3/p+1/b10-8-,16-14-,22-20-,27-26-,30-29-,33-32-,36-35-,39-38-,42-41-,45-44-,48-47-,54-52-. The second-order valence-electron chi connectivity index (χ2n) is 22.8. The van der Waals surface area contributed by atoms with Gasteiger partial charge in [0.1, 0.15) is 19.8 Å². The lowest BCUT2D eigenvalue weighted by Crippen LogP contribution is -2.37. The van der Waals surface area contributed by atoms with Crippen LogP contribution in [0.2, 0.25) is 0 Å². The highest BCUT2D eigenvalue weighted by Gasteiger charge is 2.27. The predicted molar refractivity (Wildman–Crippen MR) is 357 cm³/mol. The van der Waals surface area contributed by atoms with Gasteiger partial charge in [-0.25, -0.2) is 4.57 Å². The van der Waals surface area contributed by atoms with Gasteiger partial charge in [0, 0.05) is 12.8 Å². The number of nitrogens with zero attached hydrogens (tertiary/aromatic N) is 1. The molecule has 0 aliphatic carbocycles. The summed E-state index contributed by atoms with van der Waals surface area (Å²) in [6.07, 6.45) is 92.2. The fourth-order valence-electron chi connectivity index (χ4n) is 8.59. The second-order valence-corrected chi connectivity index (χ2v) is 24.2. The average Bonchev–Trinajstić information content (AvgIpc) is 3.48. The highest BCUT2D eigenvalue weighted by molar-refractivity contribution is 7.47. The van der Waals surface area contributed by atoms with Crippen LogP contribution in [0.25, 0.3) is 0 Å². The number of esters is 2. The second kappa shape index (κ2) is 62.4. The molecule has 0 amide bonds. The van der Waals surface area contributed by atoms with Crippen LogP contribution in [0.15, 0.2) is 146 Å². The van der Waals surface area contributed by atoms with Gasteiger partial charge in [-0.1, -0.05) is 282 Å². The van der Waals surface area contributed by atoms with Gasteiger partial charge in [0.2, 0.25) is 0 Å². The zero-order valence-corrected chi connectivity index (χ0v) is 54.5. The summed E-state index contributed by atoms with van der Waals surface area (Å²) in [6.45, 7) is 4.29. The van der Waals surface area contributed by atoms with Crippen LogP contribution in [0, 0.1) is 0 Å². The molecule has 0 radical (unpaired) electrons. The molecule has 2 unspecified atom stereocenters. The molecular weight excluding hydrogens is 1050 g/mol. The first-order valence-corrected chi connectivity index (χ1v) is 34.6. The molecule has 1 N–H and O–H groups in total. The maximum Gasteiger partial charge on any atom is 0.472 e. The zero-order valence-electron chi connectivity index (χ0n) is 53.6. The average molecular weight is 1170 g/mol. The molecule has 0 spiro atoms. The summed E-state index contributed by atoms with van der Waals surface area (Å²) in [5, 5.41) is 0. The van der Waals surface area contributed by atoms with Crippen LogP contribution in [0.1, 0.15) is 251 Å². The number of likely N-dealkylation sites (N-methyl/N-ethyl adjacent to an activating group) is 1. The maximum absolute atomic E-state index is 12.8. The van der Waals surface area contributed by atoms with Crippen molar-refractivity contribution in [2.24, 2.45) is 0 Å². The van der Waals surface area contributed by atoms with Crippen LogP contribution < -0.4 is 0 Å². The topological polar surface area (TPSA) is 108 Å². The van der Waals surface area contributed by atoms with Crippen molar-refractivity contribution in [1.82, 2.24) is 0 Å². The zero-order chi connectivity index (χ0) is 60.5. The minimum atomic E-state index is -4.40. The summed E-state index contributed by atoms with van der Waals surface area (Å²) < 4.78 is 34.6. The molecule has 0 aliphatic heterocycles. The molecule has 0 aliphatic rings. The van der Waals surface area contributed by atoms with Crippen molar-refractivity contribution in [2.45, 2.75) is 258 Å². The van der Waals surface area contributed by atoms with Crippen molar-refractivity contribution in [3.8, 4) is 0 Å². The van der Waals surface area contributed by atoms with Gasteiger partial charge in [0.05, 0.1) is 27.7 Å². The molecule has 0 fully saturated rings. The van der Waals surface area contributed by atoms with Gasteiger partial charge >= 0.3 is 19.8 Å². The van der Waals surface area contributed by atoms with Crippen molar-refractivity contribution in [1.29, 1.82) is 0 Å². The van der Waals surface area contributed by atoms with Crippen molar-refractivity contribution < 1.29 is 42.1 Å². The Morgan fingerprint density at radius 3 is 1.02 bits per heavy atom. The maximum atomic E-state index is 12.8. The predicted octanol–water partition coefficient (Wildman–Crippen LogP) is 21.4. The number of allylic oxidation sites excluding steroid dienone is 24. The molecule has 83 heavy (non-hydrogen) atoms. The Bertz CT molecular complexity index is 1910. The first-order chi connectivity index (χ1) is 40.5. The number of carbonyl (C=O) groups excluding carboxylic acids is 2. The van der Waals surface area contributed by atoms with Gasteiger partial charge in [0.15, 0.2) is 6.10 Å². The number of hydrogen-bond donors (Lipinski definition) is 1. The quantitative estimate of drug-likeness (QED) is 0.0211. The number of hydrogen-bond acceptors (Lipinski definition) is 7. The Labute approximate surface area is 510 Å². The normalized spacial score (nSPS) is 14.1. The SMILES string of the molecule is CC/C=C\C/C=C\C/C=C\C/C=C\C/C=C\C/C=C\C/C=C\C/C=C\C/C=C\C/C=C\C/C=C\C/C=C\CCCCCCC(=O)OC(COC(=O)CCCCCCCCCCCCCCCCCCCC)COP(=O)(O)OCC[N+](C)(C)C. The van der Waals surface area contributed by atoms with E-state index in [1.54, 1.807) is 0 Å². The van der Waals surface area contributed by atoms with Crippen LogP contribution in [0.3, 0.4) is 0 Å². The summed E-state index contributed by atoms with van der Waals surface area (Å²) in [4.78, 5) is 35.7. The molecule has 0 rings (SSSR count). The van der Waals surface area contributed by atoms with E-state index in [1.807, 2.05) is 21.1 Å². The number of unbranched alkanes of at least 4 members (excludes halogenated alkanes) is 21. The molecule has 0 heterocycles. The lowest BCUT2D eigenvalue weighted by molar-refractivity contribution is -0.870. The molecule has 9 nitrogen and oxygen atoms in total. The van der Waals surface area contributed by atoms with Gasteiger partial charge in [-0.05, 0) is 103 Å². The Morgan fingerprint density at radius 1 is 0.386 bits per heavy atom. The summed E-state index contributed by atoms with van der Waals surface area (Å²) in [7, 11) is 1.45. The van der Waals surface area contributed by atoms with Crippen molar-refractivity contribution in [2.75, 3.05) is 47.5 Å². The van der Waals surface area contributed by atoms with Crippen LogP contribution in [-0.2, 0) is 32.7 Å². The van der Waals surface area contributed by atoms with E-state index in [2.05, 4.69) is 160 Å². The summed E-state index contributed by atoms with van der Waals surface area (Å²) in [6, 6.07) is 0. The van der Waals surface area contributed by atoms with E-state index < -0.39 is 26.5 Å². The molecule has 2 atom stereocenters. The highest BCUT2D eigenvalue weighted by Crippen LogP contribution is 2.43. The Morgan fingerprint density at radius 2 is 0.687 bits per heavy atom. The summed E-state index contributed by atoms with van der Waals surface area (Å²) >= 11 is 0. The third-order valence-electron chi connectivity index (χ3n) is 13.6. The molecule has 0 aromatic rings. The summed E-state index contributed by atoms with van der Waals surface area (Å²) in [5.74, 6) is -0.829. The number of quaternary nitrogens is 1. The van der Waals surface area contributed by atoms with Crippen LogP contribution in [-0.4, -0.2) is 74.9 Å². The Balaban J connectivity index is 4.18. The lowest BCUT2D eigenvalue weighted by Gasteiger charge is -2.24.